The molecule has 0 aromatic heterocycles. The first-order valence-corrected chi connectivity index (χ1v) is 12.2. The Bertz CT molecular complexity index is 738. The lowest BCUT2D eigenvalue weighted by Crippen LogP contribution is -2.46. The van der Waals surface area contributed by atoms with Crippen molar-refractivity contribution in [1.82, 2.24) is 5.32 Å². The molecule has 27 heavy (non-hydrogen) atoms. The maximum Gasteiger partial charge on any atom is 0.232 e. The van der Waals surface area contributed by atoms with Crippen LogP contribution in [0.25, 0.3) is 0 Å². The van der Waals surface area contributed by atoms with Gasteiger partial charge in [-0.05, 0) is 50.5 Å². The number of thioether (sulfide) groups is 1. The van der Waals surface area contributed by atoms with Gasteiger partial charge in [-0.3, -0.25) is 9.10 Å². The minimum absolute atomic E-state index is 0.0455. The van der Waals surface area contributed by atoms with Crippen molar-refractivity contribution in [2.24, 2.45) is 5.41 Å². The summed E-state index contributed by atoms with van der Waals surface area (Å²) < 4.78 is 25.9. The van der Waals surface area contributed by atoms with E-state index in [1.807, 2.05) is 38.3 Å². The maximum absolute atomic E-state index is 12.4. The van der Waals surface area contributed by atoms with Gasteiger partial charge in [-0.2, -0.15) is 0 Å². The van der Waals surface area contributed by atoms with E-state index in [4.69, 9.17) is 0 Å². The van der Waals surface area contributed by atoms with Crippen LogP contribution in [0.4, 0.5) is 5.69 Å². The second kappa shape index (κ2) is 9.32. The number of nitrogens with zero attached hydrogens (tertiary/aromatic N) is 1. The molecule has 1 N–H and O–H groups in total. The fourth-order valence-corrected chi connectivity index (χ4v) is 5.13. The molecule has 7 heteroatoms. The monoisotopic (exact) mass is 414 g/mol. The molecule has 0 spiro atoms. The Kier molecular flexibility index (Phi) is 8.23. The lowest BCUT2D eigenvalue weighted by molar-refractivity contribution is -0.123. The van der Waals surface area contributed by atoms with E-state index in [1.165, 1.54) is 22.3 Å². The summed E-state index contributed by atoms with van der Waals surface area (Å²) in [5.41, 5.74) is 0.490. The van der Waals surface area contributed by atoms with Crippen molar-refractivity contribution in [2.45, 2.75) is 64.3 Å². The molecule has 0 bridgehead atoms. The van der Waals surface area contributed by atoms with Gasteiger partial charge in [0.1, 0.15) is 0 Å². The van der Waals surface area contributed by atoms with Gasteiger partial charge in [0.2, 0.25) is 15.9 Å². The molecular formula is C20H34N2O3S2. The van der Waals surface area contributed by atoms with Gasteiger partial charge >= 0.3 is 0 Å². The Morgan fingerprint density at radius 3 is 2.26 bits per heavy atom. The second-order valence-corrected chi connectivity index (χ2v) is 11.5. The van der Waals surface area contributed by atoms with Gasteiger partial charge in [0.25, 0.3) is 0 Å². The highest BCUT2D eigenvalue weighted by molar-refractivity contribution is 7.99. The van der Waals surface area contributed by atoms with E-state index < -0.39 is 10.0 Å². The highest BCUT2D eigenvalue weighted by Crippen LogP contribution is 2.30. The number of carbonyl (C=O) groups excluding carboxylic acids is 1. The molecule has 5 nitrogen and oxygen atoms in total. The normalized spacial score (nSPS) is 12.7. The first-order chi connectivity index (χ1) is 12.2. The number of rotatable bonds is 9. The fraction of sp³-hybridized carbons (Fsp3) is 0.650. The molecule has 1 aromatic rings. The third-order valence-electron chi connectivity index (χ3n) is 3.97. The number of carbonyl (C=O) groups is 1. The highest BCUT2D eigenvalue weighted by Gasteiger charge is 2.27. The Hall–Kier alpha value is -1.21. The first kappa shape index (κ1) is 23.8. The number of amides is 1. The topological polar surface area (TPSA) is 66.5 Å². The van der Waals surface area contributed by atoms with Crippen LogP contribution >= 0.6 is 11.8 Å². The average molecular weight is 415 g/mol. The molecule has 0 unspecified atom stereocenters. The lowest BCUT2D eigenvalue weighted by Gasteiger charge is -2.33. The molecule has 154 valence electrons. The Morgan fingerprint density at radius 1 is 1.15 bits per heavy atom. The van der Waals surface area contributed by atoms with Gasteiger partial charge in [0.05, 0.1) is 11.9 Å². The molecule has 1 amide bonds. The van der Waals surface area contributed by atoms with Gasteiger partial charge < -0.3 is 5.32 Å². The number of para-hydroxylation sites is 1. The quantitative estimate of drug-likeness (QED) is 0.612. The smallest absolute Gasteiger partial charge is 0.232 e. The van der Waals surface area contributed by atoms with Crippen LogP contribution in [0.2, 0.25) is 0 Å². The van der Waals surface area contributed by atoms with Crippen LogP contribution in [0.15, 0.2) is 29.2 Å². The predicted molar refractivity (Wildman–Crippen MR) is 116 cm³/mol. The van der Waals surface area contributed by atoms with E-state index in [2.05, 4.69) is 26.1 Å². The van der Waals surface area contributed by atoms with Crippen molar-refractivity contribution in [3.8, 4) is 0 Å². The zero-order valence-corrected chi connectivity index (χ0v) is 19.3. The van der Waals surface area contributed by atoms with Gasteiger partial charge in [-0.15, -0.1) is 11.8 Å². The number of hydrogen-bond donors (Lipinski definition) is 1. The molecule has 0 aliphatic rings. The SMILES string of the molecule is CSc1ccccc1N(CCCC(=O)NC(C)(C)CC(C)(C)C)S(C)(=O)=O. The molecule has 1 rings (SSSR count). The zero-order chi connectivity index (χ0) is 20.9. The maximum atomic E-state index is 12.4. The van der Waals surface area contributed by atoms with Crippen molar-refractivity contribution in [3.63, 3.8) is 0 Å². The van der Waals surface area contributed by atoms with Crippen molar-refractivity contribution in [1.29, 1.82) is 0 Å². The minimum atomic E-state index is -3.42. The summed E-state index contributed by atoms with van der Waals surface area (Å²) in [6, 6.07) is 7.43. The van der Waals surface area contributed by atoms with Crippen LogP contribution in [-0.4, -0.2) is 38.9 Å². The molecule has 0 saturated carbocycles. The van der Waals surface area contributed by atoms with Crippen LogP contribution in [0.5, 0.6) is 0 Å². The second-order valence-electron chi connectivity index (χ2n) is 8.78. The molecule has 0 saturated heterocycles. The number of benzene rings is 1. The molecule has 1 aromatic carbocycles. The standard InChI is InChI=1S/C20H34N2O3S2/c1-19(2,3)15-20(4,5)21-18(23)13-10-14-22(27(7,24)25)16-11-8-9-12-17(16)26-6/h8-9,11-12H,10,13-15H2,1-7H3,(H,21,23). The van der Waals surface area contributed by atoms with Crippen LogP contribution < -0.4 is 9.62 Å². The van der Waals surface area contributed by atoms with Gasteiger partial charge in [0.15, 0.2) is 0 Å². The third-order valence-corrected chi connectivity index (χ3v) is 5.93. The third kappa shape index (κ3) is 8.56. The summed E-state index contributed by atoms with van der Waals surface area (Å²) >= 11 is 1.51. The number of anilines is 1. The average Bonchev–Trinajstić information content (AvgIpc) is 2.47. The number of nitrogens with one attached hydrogen (secondary N) is 1. The molecule has 0 fully saturated rings. The summed E-state index contributed by atoms with van der Waals surface area (Å²) in [5, 5.41) is 3.08. The van der Waals surface area contributed by atoms with Crippen LogP contribution in [0, 0.1) is 5.41 Å². The summed E-state index contributed by atoms with van der Waals surface area (Å²) in [6.45, 7) is 10.8. The molecule has 0 radical (unpaired) electrons. The summed E-state index contributed by atoms with van der Waals surface area (Å²) in [5.74, 6) is -0.0455. The van der Waals surface area contributed by atoms with E-state index in [9.17, 15) is 13.2 Å². The molecule has 0 aliphatic heterocycles. The lowest BCUT2D eigenvalue weighted by atomic mass is 9.82. The zero-order valence-electron chi connectivity index (χ0n) is 17.6. The molecule has 0 aliphatic carbocycles. The first-order valence-electron chi connectivity index (χ1n) is 9.17. The van der Waals surface area contributed by atoms with Gasteiger partial charge in [0, 0.05) is 23.4 Å². The summed E-state index contributed by atoms with van der Waals surface area (Å²) in [4.78, 5) is 13.3. The summed E-state index contributed by atoms with van der Waals surface area (Å²) in [6.07, 6.45) is 4.75. The molecule has 0 atom stereocenters. The van der Waals surface area contributed by atoms with Crippen molar-refractivity contribution in [2.75, 3.05) is 23.4 Å². The highest BCUT2D eigenvalue weighted by atomic mass is 32.2. The van der Waals surface area contributed by atoms with Crippen LogP contribution in [0.3, 0.4) is 0 Å². The largest absolute Gasteiger partial charge is 0.351 e. The van der Waals surface area contributed by atoms with Gasteiger partial charge in [-0.25, -0.2) is 8.42 Å². The van der Waals surface area contributed by atoms with E-state index in [1.54, 1.807) is 6.07 Å². The number of sulfonamides is 1. The predicted octanol–water partition coefficient (Wildman–Crippen LogP) is 4.29. The minimum Gasteiger partial charge on any atom is -0.351 e. The Labute approximate surface area is 169 Å². The Morgan fingerprint density at radius 2 is 1.74 bits per heavy atom. The van der Waals surface area contributed by atoms with Crippen molar-refractivity contribution in [3.05, 3.63) is 24.3 Å². The van der Waals surface area contributed by atoms with E-state index >= 15 is 0 Å². The van der Waals surface area contributed by atoms with Gasteiger partial charge in [-0.1, -0.05) is 32.9 Å². The van der Waals surface area contributed by atoms with Crippen molar-refractivity contribution < 1.29 is 13.2 Å². The molecule has 0 heterocycles. The van der Waals surface area contributed by atoms with Crippen molar-refractivity contribution >= 4 is 33.4 Å². The van der Waals surface area contributed by atoms with Crippen LogP contribution in [-0.2, 0) is 14.8 Å². The Balaban J connectivity index is 2.74. The van der Waals surface area contributed by atoms with Crippen LogP contribution in [0.1, 0.15) is 53.9 Å². The van der Waals surface area contributed by atoms with E-state index in [-0.39, 0.29) is 23.4 Å². The molecular weight excluding hydrogens is 380 g/mol. The summed E-state index contributed by atoms with van der Waals surface area (Å²) in [7, 11) is -3.42. The number of hydrogen-bond acceptors (Lipinski definition) is 4. The van der Waals surface area contributed by atoms with E-state index in [0.29, 0.717) is 18.5 Å². The fourth-order valence-electron chi connectivity index (χ4n) is 3.49. The van der Waals surface area contributed by atoms with E-state index in [0.717, 1.165) is 11.3 Å².